The van der Waals surface area contributed by atoms with Crippen LogP contribution in [0.1, 0.15) is 91.7 Å². The van der Waals surface area contributed by atoms with Crippen LogP contribution in [-0.4, -0.2) is 117 Å². The van der Waals surface area contributed by atoms with Crippen molar-refractivity contribution in [3.8, 4) is 0 Å². The number of carbonyl (C=O) groups excluding carboxylic acids is 4. The lowest BCUT2D eigenvalue weighted by Gasteiger charge is -2.27. The summed E-state index contributed by atoms with van der Waals surface area (Å²) in [4.78, 5) is 65.5. The smallest absolute Gasteiger partial charge is 0.411 e. The molecule has 2 heterocycles. The van der Waals surface area contributed by atoms with Gasteiger partial charge < -0.3 is 24.8 Å². The molecule has 0 spiro atoms. The van der Waals surface area contributed by atoms with Crippen LogP contribution in [0.25, 0.3) is 5.53 Å². The van der Waals surface area contributed by atoms with Gasteiger partial charge in [-0.2, -0.15) is 4.79 Å². The van der Waals surface area contributed by atoms with Crippen LogP contribution in [0.3, 0.4) is 0 Å². The van der Waals surface area contributed by atoms with Crippen molar-refractivity contribution < 1.29 is 79.2 Å². The SMILES string of the molecule is C.CC(C)(C)OC(=O)N1C[C@@H](c2c(F)ccc(F)c2F)CC1C(=O)C=[N+]=N.CC(C)(C)OC(=O)N1C[C@@H](c2c(F)ccc(F)c2F)CC1C(=O)O.CCOC(=O)Cl.C[Si](C)(C)C=[N+]=[N-]. The second-order valence-corrected chi connectivity index (χ2v) is 22.3. The number of nitrogens with zero attached hydrogens (tertiary/aromatic N) is 5. The van der Waals surface area contributed by atoms with Crippen molar-refractivity contribution in [1.82, 2.24) is 9.80 Å². The average molecular weight is 954 g/mol. The summed E-state index contributed by atoms with van der Waals surface area (Å²) >= 11 is 4.72. The highest BCUT2D eigenvalue weighted by atomic mass is 35.5. The monoisotopic (exact) mass is 953 g/mol. The minimum atomic E-state index is -1.37. The van der Waals surface area contributed by atoms with Gasteiger partial charge in [0.2, 0.25) is 5.84 Å². The van der Waals surface area contributed by atoms with Gasteiger partial charge in [-0.3, -0.25) is 14.6 Å². The van der Waals surface area contributed by atoms with Crippen molar-refractivity contribution in [2.24, 2.45) is 0 Å². The number of ether oxygens (including phenoxy) is 3. The molecule has 356 valence electrons. The molecule has 15 nitrogen and oxygen atoms in total. The summed E-state index contributed by atoms with van der Waals surface area (Å²) in [6.07, 6.45) is -1.39. The van der Waals surface area contributed by atoms with E-state index < -0.39 is 119 Å². The Kier molecular flexibility index (Phi) is 22.9. The highest BCUT2D eigenvalue weighted by Gasteiger charge is 2.45. The van der Waals surface area contributed by atoms with Gasteiger partial charge >= 0.3 is 29.8 Å². The Morgan fingerprint density at radius 1 is 0.797 bits per heavy atom. The summed E-state index contributed by atoms with van der Waals surface area (Å²) in [5.41, 5.74) is 11.3. The lowest BCUT2D eigenvalue weighted by molar-refractivity contribution is -0.142. The van der Waals surface area contributed by atoms with E-state index in [2.05, 4.69) is 34.0 Å². The highest BCUT2D eigenvalue weighted by Crippen LogP contribution is 2.38. The number of carboxylic acids is 1. The van der Waals surface area contributed by atoms with Crippen LogP contribution in [-0.2, 0) is 23.8 Å². The zero-order valence-electron chi connectivity index (χ0n) is 36.4. The van der Waals surface area contributed by atoms with Crippen molar-refractivity contribution in [3.05, 3.63) is 75.8 Å². The Balaban J connectivity index is 0.000000962. The minimum Gasteiger partial charge on any atom is -0.480 e. The lowest BCUT2D eigenvalue weighted by Crippen LogP contribution is -2.43. The fourth-order valence-corrected chi connectivity index (χ4v) is 6.36. The van der Waals surface area contributed by atoms with E-state index in [0.717, 1.165) is 21.9 Å². The molecule has 0 aromatic heterocycles. The van der Waals surface area contributed by atoms with E-state index in [1.807, 2.05) is 0 Å². The molecule has 23 heteroatoms. The quantitative estimate of drug-likeness (QED) is 0.0395. The predicted molar refractivity (Wildman–Crippen MR) is 225 cm³/mol. The van der Waals surface area contributed by atoms with Crippen molar-refractivity contribution >= 4 is 61.1 Å². The Bertz CT molecular complexity index is 2090. The molecule has 0 aliphatic carbocycles. The topological polar surface area (TPSA) is 214 Å². The van der Waals surface area contributed by atoms with Gasteiger partial charge in [0.15, 0.2) is 31.3 Å². The molecule has 2 aromatic rings. The highest BCUT2D eigenvalue weighted by molar-refractivity contribution is 6.98. The number of amides is 2. The van der Waals surface area contributed by atoms with Gasteiger partial charge in [-0.15, -0.1) is 0 Å². The number of aliphatic carboxylic acids is 1. The molecule has 2 amide bonds. The third kappa shape index (κ3) is 18.6. The van der Waals surface area contributed by atoms with Crippen LogP contribution in [0.4, 0.5) is 40.7 Å². The molecule has 0 bridgehead atoms. The molecule has 2 aromatic carbocycles. The Hall–Kier alpha value is -5.56. The molecule has 2 unspecified atom stereocenters. The predicted octanol–water partition coefficient (Wildman–Crippen LogP) is 9.54. The summed E-state index contributed by atoms with van der Waals surface area (Å²) in [6.45, 7) is 17.6. The molecule has 2 saturated heterocycles. The van der Waals surface area contributed by atoms with Gasteiger partial charge in [0.25, 0.3) is 5.78 Å². The lowest BCUT2D eigenvalue weighted by atomic mass is 9.94. The number of nitrogens with one attached hydrogen (secondary N) is 1. The van der Waals surface area contributed by atoms with Gasteiger partial charge in [0, 0.05) is 47.7 Å². The molecule has 2 N–H and O–H groups in total. The van der Waals surface area contributed by atoms with E-state index in [-0.39, 0.29) is 33.4 Å². The van der Waals surface area contributed by atoms with E-state index >= 15 is 0 Å². The number of carbonyl (C=O) groups is 5. The average Bonchev–Trinajstić information content (AvgIpc) is 3.77. The van der Waals surface area contributed by atoms with Crippen molar-refractivity contribution in [1.29, 1.82) is 5.53 Å². The Morgan fingerprint density at radius 3 is 1.45 bits per heavy atom. The fourth-order valence-electron chi connectivity index (χ4n) is 5.91. The van der Waals surface area contributed by atoms with E-state index in [1.54, 1.807) is 54.3 Å². The third-order valence-corrected chi connectivity index (χ3v) is 9.34. The number of halogens is 7. The molecule has 2 fully saturated rings. The van der Waals surface area contributed by atoms with Gasteiger partial charge in [0.05, 0.1) is 16.9 Å². The van der Waals surface area contributed by atoms with Crippen LogP contribution < -0.4 is 0 Å². The van der Waals surface area contributed by atoms with E-state index in [0.29, 0.717) is 25.0 Å². The van der Waals surface area contributed by atoms with Crippen LogP contribution in [0, 0.1) is 40.4 Å². The Morgan fingerprint density at radius 2 is 1.17 bits per heavy atom. The zero-order chi connectivity index (χ0) is 48.8. The summed E-state index contributed by atoms with van der Waals surface area (Å²) in [5.74, 6) is -9.37. The second kappa shape index (κ2) is 25.1. The standard InChI is InChI=1S/C17H19F3N3O3.C16H18F3NO4.C4H10N2Si.C3H5ClO2.CH4/c1-17(2,3)26-16(25)23-8-9(6-12(23)13(24)7-22-21)14-10(18)4-5-11(19)15(14)20;1-16(2,3)24-15(23)20-7-8(6-11(20)14(21)22)12-9(17)4-5-10(18)13(12)19;1-7(2,3)4-6-5;1-2-6-3(4)5;/h4-5,7,9,12,21H,6,8H2,1-3H3;4-5,8,11H,6-7H2,1-3H3,(H,21,22);4H,1-3H3;2H2,1H3;1H4/q+1;;;;/t9-,12?;8-,11?;;;/m00.../s1. The largest absolute Gasteiger partial charge is 0.480 e. The molecule has 2 aliphatic rings. The summed E-state index contributed by atoms with van der Waals surface area (Å²) in [5, 5.41) is 9.28. The molecular formula is C41H56ClF6N6O9Si+. The first kappa shape index (κ1) is 58.4. The van der Waals surface area contributed by atoms with Gasteiger partial charge in [-0.25, -0.2) is 45.5 Å². The van der Waals surface area contributed by atoms with E-state index in [1.165, 1.54) is 0 Å². The van der Waals surface area contributed by atoms with Crippen molar-refractivity contribution in [3.63, 3.8) is 0 Å². The first-order valence-electron chi connectivity index (χ1n) is 19.1. The Labute approximate surface area is 373 Å². The number of Topliss-reactive ketones (excluding diaryl/α,β-unsaturated/α-hetero) is 1. The molecule has 2 aliphatic heterocycles. The number of benzene rings is 2. The van der Waals surface area contributed by atoms with Crippen molar-refractivity contribution in [2.75, 3.05) is 19.7 Å². The van der Waals surface area contributed by atoms with E-state index in [9.17, 15) is 55.4 Å². The molecule has 4 atom stereocenters. The third-order valence-electron chi connectivity index (χ3n) is 8.34. The summed E-state index contributed by atoms with van der Waals surface area (Å²) in [6, 6.07) is 0.497. The normalized spacial score (nSPS) is 17.8. The van der Waals surface area contributed by atoms with Gasteiger partial charge in [-0.05, 0) is 85.6 Å². The maximum absolute atomic E-state index is 14.1. The number of rotatable bonds is 7. The van der Waals surface area contributed by atoms with Gasteiger partial charge in [0.1, 0.15) is 34.9 Å². The number of ketones is 1. The molecule has 4 rings (SSSR count). The number of hydrogen-bond donors (Lipinski definition) is 2. The van der Waals surface area contributed by atoms with E-state index in [4.69, 9.17) is 32.1 Å². The maximum atomic E-state index is 14.1. The molecule has 64 heavy (non-hydrogen) atoms. The van der Waals surface area contributed by atoms with Crippen LogP contribution in [0.5, 0.6) is 0 Å². The second-order valence-electron chi connectivity index (χ2n) is 17.0. The van der Waals surface area contributed by atoms with Crippen LogP contribution >= 0.6 is 11.6 Å². The zero-order valence-corrected chi connectivity index (χ0v) is 38.2. The van der Waals surface area contributed by atoms with Gasteiger partial charge in [-0.1, -0.05) is 27.1 Å². The molecular weight excluding hydrogens is 898 g/mol. The maximum Gasteiger partial charge on any atom is 0.411 e. The first-order chi connectivity index (χ1) is 28.9. The van der Waals surface area contributed by atoms with Crippen molar-refractivity contribution in [2.45, 2.75) is 123 Å². The number of likely N-dealkylation sites (tertiary alicyclic amines) is 2. The van der Waals surface area contributed by atoms with Crippen LogP contribution in [0.2, 0.25) is 19.6 Å². The minimum absolute atomic E-state index is 0. The number of carboxylic acid groups (broad SMARTS) is 1. The summed E-state index contributed by atoms with van der Waals surface area (Å²) in [7, 11) is -1.20. The molecule has 0 saturated carbocycles. The fraction of sp³-hybridized carbons (Fsp3) is 0.537. The molecule has 0 radical (unpaired) electrons. The number of hydrogen-bond acceptors (Lipinski definition) is 9. The van der Waals surface area contributed by atoms with Crippen LogP contribution in [0.15, 0.2) is 24.3 Å². The first-order valence-corrected chi connectivity index (χ1v) is 23.1. The summed E-state index contributed by atoms with van der Waals surface area (Å²) < 4.78 is 97.5.